The fraction of sp³-hybridized carbons (Fsp3) is 0. The average Bonchev–Trinajstić information content (AvgIpc) is 1.88. The third-order valence-electron chi connectivity index (χ3n) is 0.750. The van der Waals surface area contributed by atoms with Gasteiger partial charge < -0.3 is 5.11 Å². The Balaban J connectivity index is 3.07. The molecule has 0 saturated heterocycles. The average molecular weight is 157 g/mol. The maximum atomic E-state index is 10.2. The first-order valence-corrected chi connectivity index (χ1v) is 2.76. The molecule has 5 nitrogen and oxygen atoms in total. The fourth-order valence-corrected chi connectivity index (χ4v) is 0.537. The molecule has 0 atom stereocenters. The quantitative estimate of drug-likeness (QED) is 0.555. The molecule has 0 bridgehead atoms. The molecule has 0 amide bonds. The van der Waals surface area contributed by atoms with Gasteiger partial charge in [-0.05, 0) is 0 Å². The number of rotatable bonds is 1. The van der Waals surface area contributed by atoms with Crippen LogP contribution >= 0.6 is 12.6 Å². The Kier molecular flexibility index (Phi) is 1.81. The van der Waals surface area contributed by atoms with Gasteiger partial charge >= 0.3 is 5.97 Å². The van der Waals surface area contributed by atoms with Crippen molar-refractivity contribution in [3.05, 3.63) is 12.2 Å². The van der Waals surface area contributed by atoms with Crippen LogP contribution in [0.5, 0.6) is 0 Å². The van der Waals surface area contributed by atoms with Gasteiger partial charge in [0.25, 0.3) is 0 Å². The van der Waals surface area contributed by atoms with Crippen molar-refractivity contribution < 1.29 is 9.90 Å². The van der Waals surface area contributed by atoms with Crippen molar-refractivity contribution in [3.63, 3.8) is 0 Å². The van der Waals surface area contributed by atoms with Crippen LogP contribution in [0, 0.1) is 0 Å². The maximum absolute atomic E-state index is 10.2. The van der Waals surface area contributed by atoms with E-state index in [4.69, 9.17) is 5.11 Å². The van der Waals surface area contributed by atoms with Crippen LogP contribution < -0.4 is 0 Å². The minimum atomic E-state index is -1.18. The lowest BCUT2D eigenvalue weighted by Gasteiger charge is -1.90. The van der Waals surface area contributed by atoms with E-state index in [1.807, 2.05) is 0 Å². The summed E-state index contributed by atoms with van der Waals surface area (Å²) in [6.45, 7) is 0. The first kappa shape index (κ1) is 6.94. The molecule has 0 unspecified atom stereocenters. The van der Waals surface area contributed by atoms with Gasteiger partial charge in [-0.15, -0.1) is 12.6 Å². The molecule has 10 heavy (non-hydrogen) atoms. The smallest absolute Gasteiger partial charge is 0.374 e. The highest BCUT2D eigenvalue weighted by Gasteiger charge is 2.04. The van der Waals surface area contributed by atoms with Gasteiger partial charge in [0.05, 0.1) is 0 Å². The van der Waals surface area contributed by atoms with E-state index < -0.39 is 5.97 Å². The number of nitrogens with zero attached hydrogens (tertiary/aromatic N) is 3. The number of thiol groups is 1. The van der Waals surface area contributed by atoms with Gasteiger partial charge in [-0.1, -0.05) is 0 Å². The number of carbonyl (C=O) groups is 1. The second kappa shape index (κ2) is 2.61. The van der Waals surface area contributed by atoms with E-state index >= 15 is 0 Å². The lowest BCUT2D eigenvalue weighted by atomic mass is 10.6. The van der Waals surface area contributed by atoms with Gasteiger partial charge in [0.1, 0.15) is 6.33 Å². The SMILES string of the molecule is O=C(O)c1ncnc(S)n1. The summed E-state index contributed by atoms with van der Waals surface area (Å²) >= 11 is 3.72. The number of hydrogen-bond donors (Lipinski definition) is 2. The summed E-state index contributed by atoms with van der Waals surface area (Å²) in [7, 11) is 0. The van der Waals surface area contributed by atoms with Crippen LogP contribution in [-0.2, 0) is 0 Å². The minimum Gasteiger partial charge on any atom is -0.475 e. The van der Waals surface area contributed by atoms with Crippen molar-refractivity contribution >= 4 is 18.6 Å². The summed E-state index contributed by atoms with van der Waals surface area (Å²) in [4.78, 5) is 20.5. The molecule has 1 aromatic heterocycles. The molecule has 1 heterocycles. The number of carboxylic acids is 1. The van der Waals surface area contributed by atoms with Crippen LogP contribution in [0.25, 0.3) is 0 Å². The van der Waals surface area contributed by atoms with E-state index in [1.165, 1.54) is 0 Å². The highest BCUT2D eigenvalue weighted by atomic mass is 32.1. The van der Waals surface area contributed by atoms with Gasteiger partial charge in [0, 0.05) is 0 Å². The number of hydrogen-bond acceptors (Lipinski definition) is 5. The van der Waals surface area contributed by atoms with Gasteiger partial charge in [-0.3, -0.25) is 0 Å². The van der Waals surface area contributed by atoms with Crippen molar-refractivity contribution in [1.82, 2.24) is 15.0 Å². The van der Waals surface area contributed by atoms with Crippen molar-refractivity contribution in [2.75, 3.05) is 0 Å². The molecule has 0 fully saturated rings. The van der Waals surface area contributed by atoms with Crippen molar-refractivity contribution in [1.29, 1.82) is 0 Å². The molecule has 52 valence electrons. The van der Waals surface area contributed by atoms with Gasteiger partial charge in [0.2, 0.25) is 5.82 Å². The van der Waals surface area contributed by atoms with Crippen molar-refractivity contribution in [2.24, 2.45) is 0 Å². The third kappa shape index (κ3) is 1.41. The number of aromatic nitrogens is 3. The Bertz CT molecular complexity index is 264. The van der Waals surface area contributed by atoms with Crippen LogP contribution in [0.15, 0.2) is 11.5 Å². The van der Waals surface area contributed by atoms with E-state index in [0.717, 1.165) is 6.33 Å². The summed E-state index contributed by atoms with van der Waals surface area (Å²) < 4.78 is 0. The highest BCUT2D eigenvalue weighted by molar-refractivity contribution is 7.80. The molecule has 1 aromatic rings. The molecular weight excluding hydrogens is 154 g/mol. The van der Waals surface area contributed by atoms with Crippen LogP contribution in [0.3, 0.4) is 0 Å². The Hall–Kier alpha value is -1.17. The lowest BCUT2D eigenvalue weighted by Crippen LogP contribution is -2.04. The van der Waals surface area contributed by atoms with Crippen molar-refractivity contribution in [3.8, 4) is 0 Å². The first-order valence-electron chi connectivity index (χ1n) is 2.31. The Labute approximate surface area is 61.6 Å². The molecular formula is C4H3N3O2S. The normalized spacial score (nSPS) is 9.30. The summed E-state index contributed by atoms with van der Waals surface area (Å²) in [5.74, 6) is -1.47. The molecule has 0 spiro atoms. The summed E-state index contributed by atoms with van der Waals surface area (Å²) in [6.07, 6.45) is 1.10. The number of carboxylic acid groups (broad SMARTS) is 1. The van der Waals surface area contributed by atoms with E-state index in [0.29, 0.717) is 0 Å². The van der Waals surface area contributed by atoms with Gasteiger partial charge in [0.15, 0.2) is 5.16 Å². The first-order chi connectivity index (χ1) is 4.70. The molecule has 0 aliphatic heterocycles. The van der Waals surface area contributed by atoms with E-state index in [-0.39, 0.29) is 11.0 Å². The zero-order chi connectivity index (χ0) is 7.56. The highest BCUT2D eigenvalue weighted by Crippen LogP contribution is 1.94. The second-order valence-corrected chi connectivity index (χ2v) is 1.81. The largest absolute Gasteiger partial charge is 0.475 e. The van der Waals surface area contributed by atoms with E-state index in [9.17, 15) is 4.79 Å². The van der Waals surface area contributed by atoms with Crippen LogP contribution in [0.2, 0.25) is 0 Å². The summed E-state index contributed by atoms with van der Waals surface area (Å²) in [6, 6.07) is 0. The monoisotopic (exact) mass is 157 g/mol. The van der Waals surface area contributed by atoms with Crippen molar-refractivity contribution in [2.45, 2.75) is 5.16 Å². The standard InChI is InChI=1S/C4H3N3O2S/c8-3(9)2-5-1-6-4(10)7-2/h1H,(H,8,9)(H,5,6,7,10). The van der Waals surface area contributed by atoms with Crippen LogP contribution in [-0.4, -0.2) is 26.0 Å². The Morgan fingerprint density at radius 3 is 2.70 bits per heavy atom. The predicted molar refractivity (Wildman–Crippen MR) is 34.0 cm³/mol. The molecule has 6 heteroatoms. The minimum absolute atomic E-state index is 0.104. The second-order valence-electron chi connectivity index (χ2n) is 1.41. The molecule has 0 radical (unpaired) electrons. The molecule has 0 aliphatic carbocycles. The Morgan fingerprint density at radius 2 is 2.30 bits per heavy atom. The van der Waals surface area contributed by atoms with Crippen LogP contribution in [0.1, 0.15) is 10.6 Å². The maximum Gasteiger partial charge on any atom is 0.374 e. The summed E-state index contributed by atoms with van der Waals surface area (Å²) in [5.41, 5.74) is 0. The predicted octanol–water partition coefficient (Wildman–Crippen LogP) is -0.142. The molecule has 1 N–H and O–H groups in total. The molecule has 0 aliphatic rings. The topological polar surface area (TPSA) is 76.0 Å². The van der Waals surface area contributed by atoms with E-state index in [2.05, 4.69) is 27.6 Å². The molecule has 1 rings (SSSR count). The zero-order valence-corrected chi connectivity index (χ0v) is 5.62. The Morgan fingerprint density at radius 1 is 1.60 bits per heavy atom. The van der Waals surface area contributed by atoms with E-state index in [1.54, 1.807) is 0 Å². The molecule has 0 aromatic carbocycles. The molecule has 0 saturated carbocycles. The fourth-order valence-electron chi connectivity index (χ4n) is 0.391. The third-order valence-corrected chi connectivity index (χ3v) is 0.966. The zero-order valence-electron chi connectivity index (χ0n) is 4.72. The van der Waals surface area contributed by atoms with Gasteiger partial charge in [-0.25, -0.2) is 14.8 Å². The van der Waals surface area contributed by atoms with Gasteiger partial charge in [-0.2, -0.15) is 4.98 Å². The number of aromatic carboxylic acids is 1. The summed E-state index contributed by atoms with van der Waals surface area (Å²) in [5, 5.41) is 8.43. The lowest BCUT2D eigenvalue weighted by molar-refractivity contribution is 0.0682. The van der Waals surface area contributed by atoms with Crippen LogP contribution in [0.4, 0.5) is 0 Å².